The van der Waals surface area contributed by atoms with Crippen molar-refractivity contribution in [2.45, 2.75) is 18.7 Å². The first-order chi connectivity index (χ1) is 5.65. The van der Waals surface area contributed by atoms with Gasteiger partial charge in [0.1, 0.15) is 6.17 Å². The standard InChI is InChI=1S/C7H12FNO3/c1-12-6-2-3-9(7(10)11)4-5(6)8/h5-6H,2-4H2,1H3,(H,10,11). The van der Waals surface area contributed by atoms with E-state index in [9.17, 15) is 9.18 Å². The molecule has 1 rings (SSSR count). The number of rotatable bonds is 1. The number of carboxylic acid groups (broad SMARTS) is 1. The summed E-state index contributed by atoms with van der Waals surface area (Å²) in [6.45, 7) is 0.280. The fourth-order valence-corrected chi connectivity index (χ4v) is 1.32. The molecule has 0 bridgehead atoms. The van der Waals surface area contributed by atoms with Gasteiger partial charge in [0.05, 0.1) is 12.6 Å². The Morgan fingerprint density at radius 1 is 1.75 bits per heavy atom. The van der Waals surface area contributed by atoms with E-state index < -0.39 is 18.4 Å². The van der Waals surface area contributed by atoms with Gasteiger partial charge >= 0.3 is 6.09 Å². The van der Waals surface area contributed by atoms with Crippen molar-refractivity contribution in [2.75, 3.05) is 20.2 Å². The minimum atomic E-state index is -1.19. The van der Waals surface area contributed by atoms with Gasteiger partial charge in [-0.25, -0.2) is 9.18 Å². The van der Waals surface area contributed by atoms with E-state index >= 15 is 0 Å². The van der Waals surface area contributed by atoms with E-state index in [2.05, 4.69) is 0 Å². The van der Waals surface area contributed by atoms with Crippen LogP contribution in [0.3, 0.4) is 0 Å². The fourth-order valence-electron chi connectivity index (χ4n) is 1.32. The largest absolute Gasteiger partial charge is 0.465 e. The van der Waals surface area contributed by atoms with Crippen LogP contribution in [0.4, 0.5) is 9.18 Å². The maximum Gasteiger partial charge on any atom is 0.407 e. The van der Waals surface area contributed by atoms with Crippen LogP contribution in [0.2, 0.25) is 0 Å². The van der Waals surface area contributed by atoms with Gasteiger partial charge < -0.3 is 14.7 Å². The number of ether oxygens (including phenoxy) is 1. The van der Waals surface area contributed by atoms with Crippen molar-refractivity contribution in [1.29, 1.82) is 0 Å². The Bertz CT molecular complexity index is 176. The lowest BCUT2D eigenvalue weighted by molar-refractivity contribution is -0.0175. The van der Waals surface area contributed by atoms with Crippen LogP contribution in [0.25, 0.3) is 0 Å². The van der Waals surface area contributed by atoms with Crippen molar-refractivity contribution in [1.82, 2.24) is 4.90 Å². The number of hydrogen-bond acceptors (Lipinski definition) is 2. The van der Waals surface area contributed by atoms with Gasteiger partial charge in [-0.2, -0.15) is 0 Å². The minimum absolute atomic E-state index is 0.0756. The number of halogens is 1. The van der Waals surface area contributed by atoms with E-state index in [0.717, 1.165) is 4.90 Å². The molecule has 4 nitrogen and oxygen atoms in total. The molecule has 1 amide bonds. The molecule has 1 fully saturated rings. The summed E-state index contributed by atoms with van der Waals surface area (Å²) in [5.74, 6) is 0. The maximum absolute atomic E-state index is 13.0. The fraction of sp³-hybridized carbons (Fsp3) is 0.857. The van der Waals surface area contributed by atoms with Crippen LogP contribution in [0, 0.1) is 0 Å². The Morgan fingerprint density at radius 2 is 2.42 bits per heavy atom. The first-order valence-corrected chi connectivity index (χ1v) is 3.80. The lowest BCUT2D eigenvalue weighted by atomic mass is 10.1. The van der Waals surface area contributed by atoms with E-state index in [1.165, 1.54) is 7.11 Å². The molecular weight excluding hydrogens is 165 g/mol. The average Bonchev–Trinajstić information content (AvgIpc) is 2.04. The summed E-state index contributed by atoms with van der Waals surface area (Å²) in [7, 11) is 1.44. The number of alkyl halides is 1. The molecule has 70 valence electrons. The van der Waals surface area contributed by atoms with E-state index in [0.29, 0.717) is 13.0 Å². The molecule has 1 N–H and O–H groups in total. The van der Waals surface area contributed by atoms with Crippen LogP contribution in [0.5, 0.6) is 0 Å². The molecule has 1 saturated heterocycles. The molecule has 5 heteroatoms. The number of piperidine rings is 1. The van der Waals surface area contributed by atoms with Gasteiger partial charge in [-0.05, 0) is 6.42 Å². The molecule has 0 aromatic heterocycles. The highest BCUT2D eigenvalue weighted by atomic mass is 19.1. The van der Waals surface area contributed by atoms with Gasteiger partial charge in [0.15, 0.2) is 0 Å². The van der Waals surface area contributed by atoms with Crippen LogP contribution in [-0.2, 0) is 4.74 Å². The van der Waals surface area contributed by atoms with Crippen molar-refractivity contribution < 1.29 is 19.0 Å². The lowest BCUT2D eigenvalue weighted by Gasteiger charge is -2.31. The predicted octanol–water partition coefficient (Wildman–Crippen LogP) is 0.723. The highest BCUT2D eigenvalue weighted by Crippen LogP contribution is 2.16. The lowest BCUT2D eigenvalue weighted by Crippen LogP contribution is -2.47. The molecule has 0 aliphatic carbocycles. The summed E-state index contributed by atoms with van der Waals surface area (Å²) >= 11 is 0. The molecule has 0 aromatic carbocycles. The van der Waals surface area contributed by atoms with Crippen LogP contribution in [0.1, 0.15) is 6.42 Å². The monoisotopic (exact) mass is 177 g/mol. The van der Waals surface area contributed by atoms with Crippen molar-refractivity contribution >= 4 is 6.09 Å². The molecule has 2 atom stereocenters. The molecule has 0 spiro atoms. The van der Waals surface area contributed by atoms with Gasteiger partial charge in [-0.15, -0.1) is 0 Å². The summed E-state index contributed by atoms with van der Waals surface area (Å²) in [4.78, 5) is 11.5. The summed E-state index contributed by atoms with van der Waals surface area (Å²) in [5, 5.41) is 8.53. The maximum atomic E-state index is 13.0. The summed E-state index contributed by atoms with van der Waals surface area (Å²) in [6.07, 6.45) is -2.27. The van der Waals surface area contributed by atoms with Crippen LogP contribution in [0.15, 0.2) is 0 Å². The Balaban J connectivity index is 2.46. The number of amides is 1. The first kappa shape index (κ1) is 9.25. The number of nitrogens with zero attached hydrogens (tertiary/aromatic N) is 1. The molecule has 0 aromatic rings. The molecule has 2 unspecified atom stereocenters. The van der Waals surface area contributed by atoms with E-state index in [1.54, 1.807) is 0 Å². The minimum Gasteiger partial charge on any atom is -0.465 e. The molecule has 12 heavy (non-hydrogen) atoms. The number of hydrogen-bond donors (Lipinski definition) is 1. The molecule has 0 radical (unpaired) electrons. The van der Waals surface area contributed by atoms with Gasteiger partial charge in [-0.3, -0.25) is 0 Å². The highest BCUT2D eigenvalue weighted by molar-refractivity contribution is 5.65. The summed E-state index contributed by atoms with van der Waals surface area (Å²) in [5.41, 5.74) is 0. The van der Waals surface area contributed by atoms with Crippen molar-refractivity contribution in [3.63, 3.8) is 0 Å². The zero-order chi connectivity index (χ0) is 9.14. The SMILES string of the molecule is COC1CCN(C(=O)O)CC1F. The van der Waals surface area contributed by atoms with Crippen molar-refractivity contribution in [2.24, 2.45) is 0 Å². The van der Waals surface area contributed by atoms with Gasteiger partial charge in [0, 0.05) is 13.7 Å². The first-order valence-electron chi connectivity index (χ1n) is 3.80. The molecule has 1 aliphatic heterocycles. The topological polar surface area (TPSA) is 49.8 Å². The Morgan fingerprint density at radius 3 is 2.83 bits per heavy atom. The quantitative estimate of drug-likeness (QED) is 0.642. The zero-order valence-corrected chi connectivity index (χ0v) is 6.86. The Hall–Kier alpha value is -0.840. The van der Waals surface area contributed by atoms with Crippen molar-refractivity contribution in [3.8, 4) is 0 Å². The molecule has 0 saturated carbocycles. The molecular formula is C7H12FNO3. The second-order valence-electron chi connectivity index (χ2n) is 2.81. The van der Waals surface area contributed by atoms with E-state index in [1.807, 2.05) is 0 Å². The third kappa shape index (κ3) is 1.85. The van der Waals surface area contributed by atoms with Crippen molar-refractivity contribution in [3.05, 3.63) is 0 Å². The Labute approximate surface area is 69.9 Å². The predicted molar refractivity (Wildman–Crippen MR) is 39.9 cm³/mol. The number of carbonyl (C=O) groups is 1. The van der Waals surface area contributed by atoms with Gasteiger partial charge in [0.25, 0.3) is 0 Å². The smallest absolute Gasteiger partial charge is 0.407 e. The Kier molecular flexibility index (Phi) is 2.86. The van der Waals surface area contributed by atoms with Gasteiger partial charge in [-0.1, -0.05) is 0 Å². The van der Waals surface area contributed by atoms with Crippen LogP contribution >= 0.6 is 0 Å². The third-order valence-electron chi connectivity index (χ3n) is 2.06. The van der Waals surface area contributed by atoms with Gasteiger partial charge in [0.2, 0.25) is 0 Å². The van der Waals surface area contributed by atoms with E-state index in [-0.39, 0.29) is 6.54 Å². The number of likely N-dealkylation sites (tertiary alicyclic amines) is 1. The van der Waals surface area contributed by atoms with Crippen LogP contribution in [-0.4, -0.2) is 48.6 Å². The number of methoxy groups -OCH3 is 1. The summed E-state index contributed by atoms with van der Waals surface area (Å²) < 4.78 is 17.9. The second kappa shape index (κ2) is 3.71. The molecule has 1 aliphatic rings. The van der Waals surface area contributed by atoms with Crippen LogP contribution < -0.4 is 0 Å². The summed E-state index contributed by atoms with van der Waals surface area (Å²) in [6, 6.07) is 0. The average molecular weight is 177 g/mol. The third-order valence-corrected chi connectivity index (χ3v) is 2.06. The highest BCUT2D eigenvalue weighted by Gasteiger charge is 2.31. The zero-order valence-electron chi connectivity index (χ0n) is 6.86. The molecule has 1 heterocycles. The van der Waals surface area contributed by atoms with E-state index in [4.69, 9.17) is 9.84 Å². The normalized spacial score (nSPS) is 30.3. The second-order valence-corrected chi connectivity index (χ2v) is 2.81.